The molecule has 0 radical (unpaired) electrons. The summed E-state index contributed by atoms with van der Waals surface area (Å²) in [4.78, 5) is 15.4. The Hall–Kier alpha value is -1.89. The molecule has 0 aliphatic rings. The van der Waals surface area contributed by atoms with Crippen LogP contribution >= 0.6 is 11.8 Å². The van der Waals surface area contributed by atoms with E-state index in [0.717, 1.165) is 5.56 Å². The van der Waals surface area contributed by atoms with Gasteiger partial charge in [0.15, 0.2) is 0 Å². The van der Waals surface area contributed by atoms with Gasteiger partial charge in [0, 0.05) is 24.0 Å². The second kappa shape index (κ2) is 6.33. The van der Waals surface area contributed by atoms with Gasteiger partial charge in [0.1, 0.15) is 0 Å². The van der Waals surface area contributed by atoms with E-state index < -0.39 is 0 Å². The SMILES string of the molecule is CC(C)NC(=O)CSc1nnc(-c2ccncc2)o1. The van der Waals surface area contributed by atoms with Gasteiger partial charge in [-0.3, -0.25) is 9.78 Å². The Morgan fingerprint density at radius 3 is 2.79 bits per heavy atom. The lowest BCUT2D eigenvalue weighted by molar-refractivity contribution is -0.119. The molecule has 100 valence electrons. The first-order valence-electron chi connectivity index (χ1n) is 5.81. The van der Waals surface area contributed by atoms with Crippen LogP contribution in [-0.2, 0) is 4.79 Å². The van der Waals surface area contributed by atoms with E-state index in [4.69, 9.17) is 4.42 Å². The van der Waals surface area contributed by atoms with E-state index >= 15 is 0 Å². The predicted molar refractivity (Wildman–Crippen MR) is 71.5 cm³/mol. The number of nitrogens with zero attached hydrogens (tertiary/aromatic N) is 3. The third-order valence-electron chi connectivity index (χ3n) is 2.11. The van der Waals surface area contributed by atoms with E-state index in [2.05, 4.69) is 20.5 Å². The average Bonchev–Trinajstić information content (AvgIpc) is 2.85. The van der Waals surface area contributed by atoms with Crippen molar-refractivity contribution < 1.29 is 9.21 Å². The Morgan fingerprint density at radius 2 is 2.11 bits per heavy atom. The fourth-order valence-electron chi connectivity index (χ4n) is 1.37. The van der Waals surface area contributed by atoms with E-state index in [1.54, 1.807) is 24.5 Å². The van der Waals surface area contributed by atoms with Crippen LogP contribution in [0, 0.1) is 0 Å². The number of nitrogens with one attached hydrogen (secondary N) is 1. The minimum atomic E-state index is -0.0522. The summed E-state index contributed by atoms with van der Waals surface area (Å²) in [6, 6.07) is 3.70. The van der Waals surface area contributed by atoms with Crippen molar-refractivity contribution in [2.45, 2.75) is 25.1 Å². The van der Waals surface area contributed by atoms with Crippen LogP contribution in [0.2, 0.25) is 0 Å². The van der Waals surface area contributed by atoms with E-state index in [9.17, 15) is 4.79 Å². The van der Waals surface area contributed by atoms with Crippen molar-refractivity contribution >= 4 is 17.7 Å². The van der Waals surface area contributed by atoms with Crippen molar-refractivity contribution in [2.75, 3.05) is 5.75 Å². The minimum absolute atomic E-state index is 0.0522. The zero-order valence-electron chi connectivity index (χ0n) is 10.7. The van der Waals surface area contributed by atoms with Crippen LogP contribution in [0.25, 0.3) is 11.5 Å². The molecule has 2 aromatic heterocycles. The second-order valence-electron chi connectivity index (χ2n) is 4.12. The summed E-state index contributed by atoms with van der Waals surface area (Å²) in [5.74, 6) is 0.633. The van der Waals surface area contributed by atoms with Crippen LogP contribution in [0.3, 0.4) is 0 Å². The first-order valence-corrected chi connectivity index (χ1v) is 6.80. The molecule has 6 nitrogen and oxygen atoms in total. The van der Waals surface area contributed by atoms with Gasteiger partial charge in [-0.25, -0.2) is 0 Å². The molecule has 0 aliphatic carbocycles. The number of hydrogen-bond donors (Lipinski definition) is 1. The lowest BCUT2D eigenvalue weighted by Crippen LogP contribution is -2.31. The molecule has 0 aromatic carbocycles. The predicted octanol–water partition coefficient (Wildman–Crippen LogP) is 1.75. The van der Waals surface area contributed by atoms with Gasteiger partial charge in [-0.2, -0.15) is 0 Å². The fourth-order valence-corrected chi connectivity index (χ4v) is 1.94. The molecule has 0 atom stereocenters. The third kappa shape index (κ3) is 4.06. The highest BCUT2D eigenvalue weighted by Gasteiger charge is 2.11. The minimum Gasteiger partial charge on any atom is -0.411 e. The molecule has 2 heterocycles. The molecule has 0 saturated carbocycles. The number of hydrogen-bond acceptors (Lipinski definition) is 6. The first-order chi connectivity index (χ1) is 9.15. The van der Waals surface area contributed by atoms with Crippen LogP contribution < -0.4 is 5.32 Å². The van der Waals surface area contributed by atoms with Crippen molar-refractivity contribution in [3.63, 3.8) is 0 Å². The smallest absolute Gasteiger partial charge is 0.277 e. The summed E-state index contributed by atoms with van der Waals surface area (Å²) in [5, 5.41) is 11.0. The lowest BCUT2D eigenvalue weighted by Gasteiger charge is -2.06. The fraction of sp³-hybridized carbons (Fsp3) is 0.333. The van der Waals surface area contributed by atoms with Gasteiger partial charge in [0.05, 0.1) is 5.75 Å². The molecule has 0 fully saturated rings. The summed E-state index contributed by atoms with van der Waals surface area (Å²) in [6.07, 6.45) is 3.31. The lowest BCUT2D eigenvalue weighted by atomic mass is 10.3. The summed E-state index contributed by atoms with van der Waals surface area (Å²) < 4.78 is 5.46. The van der Waals surface area contributed by atoms with Crippen molar-refractivity contribution in [3.05, 3.63) is 24.5 Å². The van der Waals surface area contributed by atoms with Crippen LogP contribution in [0.5, 0.6) is 0 Å². The molecule has 0 unspecified atom stereocenters. The van der Waals surface area contributed by atoms with E-state index in [1.165, 1.54) is 11.8 Å². The Kier molecular flexibility index (Phi) is 4.51. The number of thioether (sulfide) groups is 1. The number of carbonyl (C=O) groups excluding carboxylic acids is 1. The normalized spacial score (nSPS) is 10.7. The van der Waals surface area contributed by atoms with Gasteiger partial charge in [-0.1, -0.05) is 11.8 Å². The van der Waals surface area contributed by atoms with E-state index in [-0.39, 0.29) is 17.7 Å². The Morgan fingerprint density at radius 1 is 1.37 bits per heavy atom. The highest BCUT2D eigenvalue weighted by Crippen LogP contribution is 2.22. The van der Waals surface area contributed by atoms with Crippen LogP contribution in [0.1, 0.15) is 13.8 Å². The number of carbonyl (C=O) groups is 1. The molecule has 0 spiro atoms. The van der Waals surface area contributed by atoms with E-state index in [1.807, 2.05) is 13.8 Å². The van der Waals surface area contributed by atoms with Crippen LogP contribution in [-0.4, -0.2) is 32.9 Å². The molecule has 0 bridgehead atoms. The quantitative estimate of drug-likeness (QED) is 0.839. The van der Waals surface area contributed by atoms with Gasteiger partial charge in [-0.15, -0.1) is 10.2 Å². The largest absolute Gasteiger partial charge is 0.411 e. The number of pyridine rings is 1. The van der Waals surface area contributed by atoms with Gasteiger partial charge in [0.2, 0.25) is 11.8 Å². The standard InChI is InChI=1S/C12H14N4O2S/c1-8(2)14-10(17)7-19-12-16-15-11(18-12)9-3-5-13-6-4-9/h3-6,8H,7H2,1-2H3,(H,14,17). The number of amides is 1. The van der Waals surface area contributed by atoms with Crippen molar-refractivity contribution in [2.24, 2.45) is 0 Å². The first kappa shape index (κ1) is 13.5. The molecule has 1 amide bonds. The molecule has 0 aliphatic heterocycles. The van der Waals surface area contributed by atoms with Crippen molar-refractivity contribution in [1.29, 1.82) is 0 Å². The summed E-state index contributed by atoms with van der Waals surface area (Å²) in [5.41, 5.74) is 0.806. The summed E-state index contributed by atoms with van der Waals surface area (Å²) in [7, 11) is 0. The number of aromatic nitrogens is 3. The van der Waals surface area contributed by atoms with E-state index in [0.29, 0.717) is 11.1 Å². The van der Waals surface area contributed by atoms with Crippen LogP contribution in [0.4, 0.5) is 0 Å². The Labute approximate surface area is 115 Å². The topological polar surface area (TPSA) is 80.9 Å². The number of rotatable bonds is 5. The zero-order valence-corrected chi connectivity index (χ0v) is 11.5. The monoisotopic (exact) mass is 278 g/mol. The van der Waals surface area contributed by atoms with Gasteiger partial charge >= 0.3 is 0 Å². The molecule has 7 heteroatoms. The Balaban J connectivity index is 1.93. The third-order valence-corrected chi connectivity index (χ3v) is 2.93. The average molecular weight is 278 g/mol. The maximum absolute atomic E-state index is 11.5. The summed E-state index contributed by atoms with van der Waals surface area (Å²) in [6.45, 7) is 3.83. The molecule has 0 saturated heterocycles. The van der Waals surface area contributed by atoms with Gasteiger partial charge < -0.3 is 9.73 Å². The highest BCUT2D eigenvalue weighted by atomic mass is 32.2. The van der Waals surface area contributed by atoms with Crippen LogP contribution in [0.15, 0.2) is 34.2 Å². The Bertz CT molecular complexity index is 542. The van der Waals surface area contributed by atoms with Crippen molar-refractivity contribution in [1.82, 2.24) is 20.5 Å². The zero-order chi connectivity index (χ0) is 13.7. The van der Waals surface area contributed by atoms with Gasteiger partial charge in [-0.05, 0) is 26.0 Å². The van der Waals surface area contributed by atoms with Crippen molar-refractivity contribution in [3.8, 4) is 11.5 Å². The maximum atomic E-state index is 11.5. The molecule has 19 heavy (non-hydrogen) atoms. The molecule has 2 rings (SSSR count). The summed E-state index contributed by atoms with van der Waals surface area (Å²) >= 11 is 1.22. The molecule has 2 aromatic rings. The van der Waals surface area contributed by atoms with Gasteiger partial charge in [0.25, 0.3) is 5.22 Å². The highest BCUT2D eigenvalue weighted by molar-refractivity contribution is 7.99. The molecular formula is C12H14N4O2S. The second-order valence-corrected chi connectivity index (χ2v) is 5.05. The molecule has 1 N–H and O–H groups in total. The molecular weight excluding hydrogens is 264 g/mol. The maximum Gasteiger partial charge on any atom is 0.277 e.